The van der Waals surface area contributed by atoms with Crippen LogP contribution < -0.4 is 9.47 Å². The van der Waals surface area contributed by atoms with Gasteiger partial charge in [-0.15, -0.1) is 0 Å². The van der Waals surface area contributed by atoms with Gasteiger partial charge in [0.25, 0.3) is 0 Å². The number of carbonyl (C=O) groups is 4. The maximum Gasteiger partial charge on any atom is 0.355 e. The van der Waals surface area contributed by atoms with Gasteiger partial charge >= 0.3 is 23.9 Å². The van der Waals surface area contributed by atoms with Gasteiger partial charge in [-0.25, -0.2) is 19.2 Å². The average Bonchev–Trinajstić information content (AvgIpc) is 2.85. The average molecular weight is 491 g/mol. The molecule has 0 fully saturated rings. The summed E-state index contributed by atoms with van der Waals surface area (Å²) in [5, 5.41) is 0. The van der Waals surface area contributed by atoms with E-state index in [0.29, 0.717) is 0 Å². The van der Waals surface area contributed by atoms with E-state index in [4.69, 9.17) is 18.9 Å². The fraction of sp³-hybridized carbons (Fsp3) is 0.214. The summed E-state index contributed by atoms with van der Waals surface area (Å²) in [6.45, 7) is 5.54. The molecule has 0 radical (unpaired) electrons. The van der Waals surface area contributed by atoms with Gasteiger partial charge < -0.3 is 18.9 Å². The normalized spacial score (nSPS) is 11.2. The van der Waals surface area contributed by atoms with Gasteiger partial charge in [0.2, 0.25) is 11.2 Å². The standard InChI is InChI=1S/C28H26O8/c1-27(2,35-23(29)19-13-7-5-8-14-19)25(31)33-21-17-11-12-18-22(21)34-26(32)28(3,4)36-24(30)20-15-9-6-10-16-20/h5-18H,1-4H3. The largest absolute Gasteiger partial charge is 0.444 e. The quantitative estimate of drug-likeness (QED) is 0.329. The van der Waals surface area contributed by atoms with Crippen LogP contribution in [0.3, 0.4) is 0 Å². The number of benzene rings is 3. The molecule has 8 nitrogen and oxygen atoms in total. The lowest BCUT2D eigenvalue weighted by Crippen LogP contribution is -2.41. The number of esters is 4. The molecule has 0 aromatic heterocycles. The Balaban J connectivity index is 1.69. The van der Waals surface area contributed by atoms with Crippen molar-refractivity contribution in [2.24, 2.45) is 0 Å². The van der Waals surface area contributed by atoms with Crippen molar-refractivity contribution in [2.75, 3.05) is 0 Å². The van der Waals surface area contributed by atoms with E-state index in [1.54, 1.807) is 72.8 Å². The monoisotopic (exact) mass is 490 g/mol. The molecule has 0 saturated carbocycles. The topological polar surface area (TPSA) is 105 Å². The predicted octanol–water partition coefficient (Wildman–Crippen LogP) is 4.77. The van der Waals surface area contributed by atoms with E-state index in [9.17, 15) is 19.2 Å². The third-order valence-electron chi connectivity index (χ3n) is 4.95. The molecule has 0 spiro atoms. The first-order valence-corrected chi connectivity index (χ1v) is 11.1. The second-order valence-corrected chi connectivity index (χ2v) is 8.76. The number of para-hydroxylation sites is 2. The van der Waals surface area contributed by atoms with Crippen LogP contribution in [-0.4, -0.2) is 35.1 Å². The molecule has 0 saturated heterocycles. The van der Waals surface area contributed by atoms with Crippen LogP contribution in [0, 0.1) is 0 Å². The van der Waals surface area contributed by atoms with Crippen molar-refractivity contribution in [1.29, 1.82) is 0 Å². The minimum atomic E-state index is -1.64. The molecule has 0 aliphatic rings. The summed E-state index contributed by atoms with van der Waals surface area (Å²) in [5.41, 5.74) is -2.73. The Bertz CT molecular complexity index is 1150. The Morgan fingerprint density at radius 1 is 0.500 bits per heavy atom. The van der Waals surface area contributed by atoms with Gasteiger partial charge in [0.1, 0.15) is 0 Å². The van der Waals surface area contributed by atoms with Crippen molar-refractivity contribution < 1.29 is 38.1 Å². The smallest absolute Gasteiger partial charge is 0.355 e. The van der Waals surface area contributed by atoms with E-state index in [0.717, 1.165) is 0 Å². The van der Waals surface area contributed by atoms with E-state index < -0.39 is 35.1 Å². The molecule has 0 atom stereocenters. The van der Waals surface area contributed by atoms with E-state index >= 15 is 0 Å². The van der Waals surface area contributed by atoms with E-state index in [1.807, 2.05) is 0 Å². The molecule has 0 aliphatic heterocycles. The molecule has 8 heteroatoms. The van der Waals surface area contributed by atoms with E-state index in [1.165, 1.54) is 39.8 Å². The van der Waals surface area contributed by atoms with Crippen LogP contribution in [0.5, 0.6) is 11.5 Å². The minimum absolute atomic E-state index is 0.0788. The van der Waals surface area contributed by atoms with E-state index in [-0.39, 0.29) is 22.6 Å². The summed E-state index contributed by atoms with van der Waals surface area (Å²) in [7, 11) is 0. The Labute approximate surface area is 208 Å². The molecule has 0 aliphatic carbocycles. The van der Waals surface area contributed by atoms with Gasteiger partial charge in [0.15, 0.2) is 11.5 Å². The van der Waals surface area contributed by atoms with Crippen LogP contribution in [0.2, 0.25) is 0 Å². The van der Waals surface area contributed by atoms with Crippen molar-refractivity contribution in [1.82, 2.24) is 0 Å². The van der Waals surface area contributed by atoms with Crippen LogP contribution in [0.25, 0.3) is 0 Å². The lowest BCUT2D eigenvalue weighted by molar-refractivity contribution is -0.155. The molecule has 36 heavy (non-hydrogen) atoms. The van der Waals surface area contributed by atoms with E-state index in [2.05, 4.69) is 0 Å². The second-order valence-electron chi connectivity index (χ2n) is 8.76. The molecular formula is C28H26O8. The molecule has 0 unspecified atom stereocenters. The van der Waals surface area contributed by atoms with Crippen LogP contribution in [0.15, 0.2) is 84.9 Å². The van der Waals surface area contributed by atoms with Crippen LogP contribution in [0.4, 0.5) is 0 Å². The Morgan fingerprint density at radius 2 is 0.806 bits per heavy atom. The predicted molar refractivity (Wildman–Crippen MR) is 130 cm³/mol. The van der Waals surface area contributed by atoms with Crippen LogP contribution in [-0.2, 0) is 19.1 Å². The maximum atomic E-state index is 12.8. The zero-order chi connectivity index (χ0) is 26.3. The van der Waals surface area contributed by atoms with Gasteiger partial charge in [0, 0.05) is 0 Å². The Kier molecular flexibility index (Phi) is 7.89. The highest BCUT2D eigenvalue weighted by Crippen LogP contribution is 2.30. The molecule has 0 bridgehead atoms. The molecule has 3 aromatic carbocycles. The molecule has 3 aromatic rings. The summed E-state index contributed by atoms with van der Waals surface area (Å²) in [6, 6.07) is 22.4. The SMILES string of the molecule is CC(C)(OC(=O)c1ccccc1)C(=O)Oc1ccccc1OC(=O)C(C)(C)OC(=O)c1ccccc1. The summed E-state index contributed by atoms with van der Waals surface area (Å²) in [6.07, 6.45) is 0. The maximum absolute atomic E-state index is 12.8. The third kappa shape index (κ3) is 6.56. The lowest BCUT2D eigenvalue weighted by atomic mass is 10.1. The second kappa shape index (κ2) is 10.9. The minimum Gasteiger partial charge on any atom is -0.444 e. The lowest BCUT2D eigenvalue weighted by Gasteiger charge is -2.25. The fourth-order valence-corrected chi connectivity index (χ4v) is 2.88. The molecule has 186 valence electrons. The van der Waals surface area contributed by atoms with Crippen molar-refractivity contribution in [3.63, 3.8) is 0 Å². The number of hydrogen-bond donors (Lipinski definition) is 0. The van der Waals surface area contributed by atoms with Gasteiger partial charge in [0.05, 0.1) is 11.1 Å². The summed E-state index contributed by atoms with van der Waals surface area (Å²) in [5.74, 6) is -3.32. The molecule has 0 heterocycles. The highest BCUT2D eigenvalue weighted by molar-refractivity contribution is 5.94. The Hall–Kier alpha value is -4.46. The first kappa shape index (κ1) is 26.2. The zero-order valence-electron chi connectivity index (χ0n) is 20.3. The highest BCUT2D eigenvalue weighted by atomic mass is 16.6. The number of ether oxygens (including phenoxy) is 4. The third-order valence-corrected chi connectivity index (χ3v) is 4.95. The Morgan fingerprint density at radius 3 is 1.14 bits per heavy atom. The summed E-state index contributed by atoms with van der Waals surface area (Å²) in [4.78, 5) is 50.4. The van der Waals surface area contributed by atoms with Gasteiger partial charge in [-0.2, -0.15) is 0 Å². The fourth-order valence-electron chi connectivity index (χ4n) is 2.88. The van der Waals surface area contributed by atoms with Gasteiger partial charge in [-0.3, -0.25) is 0 Å². The van der Waals surface area contributed by atoms with Crippen molar-refractivity contribution >= 4 is 23.9 Å². The molecule has 3 rings (SSSR count). The highest BCUT2D eigenvalue weighted by Gasteiger charge is 2.37. The van der Waals surface area contributed by atoms with Crippen LogP contribution >= 0.6 is 0 Å². The number of hydrogen-bond acceptors (Lipinski definition) is 8. The van der Waals surface area contributed by atoms with Crippen molar-refractivity contribution in [3.05, 3.63) is 96.1 Å². The van der Waals surface area contributed by atoms with Gasteiger partial charge in [-0.05, 0) is 64.1 Å². The number of carbonyl (C=O) groups excluding carboxylic acids is 4. The molecule has 0 amide bonds. The first-order chi connectivity index (χ1) is 17.0. The van der Waals surface area contributed by atoms with Crippen LogP contribution in [0.1, 0.15) is 48.4 Å². The number of rotatable bonds is 8. The first-order valence-electron chi connectivity index (χ1n) is 11.1. The van der Waals surface area contributed by atoms with Gasteiger partial charge in [-0.1, -0.05) is 48.5 Å². The summed E-state index contributed by atoms with van der Waals surface area (Å²) < 4.78 is 21.5. The van der Waals surface area contributed by atoms with Crippen molar-refractivity contribution in [3.8, 4) is 11.5 Å². The van der Waals surface area contributed by atoms with Crippen molar-refractivity contribution in [2.45, 2.75) is 38.9 Å². The molecule has 0 N–H and O–H groups in total. The summed E-state index contributed by atoms with van der Waals surface area (Å²) >= 11 is 0. The zero-order valence-corrected chi connectivity index (χ0v) is 20.3. The molecular weight excluding hydrogens is 464 g/mol.